The second-order valence-electron chi connectivity index (χ2n) is 5.20. The van der Waals surface area contributed by atoms with Crippen molar-refractivity contribution < 1.29 is 4.79 Å². The first kappa shape index (κ1) is 17.2. The summed E-state index contributed by atoms with van der Waals surface area (Å²) < 4.78 is 0. The molecule has 2 amide bonds. The van der Waals surface area contributed by atoms with E-state index in [1.54, 1.807) is 27.1 Å². The van der Waals surface area contributed by atoms with Gasteiger partial charge in [0.1, 0.15) is 11.2 Å². The largest absolute Gasteiger partial charge is 0.330 e. The molecule has 0 atom stereocenters. The van der Waals surface area contributed by atoms with Crippen LogP contribution in [-0.2, 0) is 0 Å². The topological polar surface area (TPSA) is 63.5 Å². The number of likely N-dealkylation sites (N-methyl/N-ethyl adjacent to an activating group) is 1. The number of rotatable bonds is 4. The summed E-state index contributed by atoms with van der Waals surface area (Å²) in [5.41, 5.74) is 1.07. The Balaban J connectivity index is 3.32. The Bertz CT molecular complexity index is 565. The minimum atomic E-state index is -0.234. The Morgan fingerprint density at radius 3 is 2.43 bits per heavy atom. The fourth-order valence-electron chi connectivity index (χ4n) is 1.78. The Kier molecular flexibility index (Phi) is 5.94. The van der Waals surface area contributed by atoms with Gasteiger partial charge in [-0.1, -0.05) is 11.6 Å². The van der Waals surface area contributed by atoms with Crippen LogP contribution < -0.4 is 4.90 Å². The second-order valence-corrected chi connectivity index (χ2v) is 5.59. The van der Waals surface area contributed by atoms with Gasteiger partial charge in [-0.05, 0) is 32.6 Å². The first-order valence-corrected chi connectivity index (χ1v) is 6.86. The number of nitriles is 1. The van der Waals surface area contributed by atoms with Crippen LogP contribution in [0.25, 0.3) is 0 Å². The van der Waals surface area contributed by atoms with E-state index in [4.69, 9.17) is 11.6 Å². The molecule has 1 rings (SSSR count). The molecule has 0 aromatic carbocycles. The number of aryl methyl sites for hydroxylation is 1. The summed E-state index contributed by atoms with van der Waals surface area (Å²) in [7, 11) is 7.16. The van der Waals surface area contributed by atoms with E-state index in [9.17, 15) is 10.1 Å². The second kappa shape index (κ2) is 7.25. The van der Waals surface area contributed by atoms with Gasteiger partial charge >= 0.3 is 6.03 Å². The van der Waals surface area contributed by atoms with Gasteiger partial charge in [0.05, 0.1) is 5.56 Å². The Hall–Kier alpha value is -1.84. The third kappa shape index (κ3) is 4.31. The Morgan fingerprint density at radius 1 is 1.33 bits per heavy atom. The quantitative estimate of drug-likeness (QED) is 0.798. The zero-order chi connectivity index (χ0) is 16.2. The van der Waals surface area contributed by atoms with Crippen LogP contribution in [0.15, 0.2) is 6.07 Å². The molecule has 0 unspecified atom stereocenters. The predicted molar refractivity (Wildman–Crippen MR) is 83.7 cm³/mol. The third-order valence-corrected chi connectivity index (χ3v) is 3.11. The maximum absolute atomic E-state index is 12.4. The summed E-state index contributed by atoms with van der Waals surface area (Å²) >= 11 is 5.99. The highest BCUT2D eigenvalue weighted by atomic mass is 35.5. The van der Waals surface area contributed by atoms with Gasteiger partial charge in [0.2, 0.25) is 0 Å². The van der Waals surface area contributed by atoms with Gasteiger partial charge in [0, 0.05) is 27.2 Å². The van der Waals surface area contributed by atoms with Crippen LogP contribution in [0, 0.1) is 18.3 Å². The summed E-state index contributed by atoms with van der Waals surface area (Å²) in [5.74, 6) is 0.308. The first-order valence-electron chi connectivity index (χ1n) is 6.48. The van der Waals surface area contributed by atoms with Gasteiger partial charge in [-0.15, -0.1) is 0 Å². The van der Waals surface area contributed by atoms with Crippen molar-refractivity contribution >= 4 is 23.4 Å². The molecule has 0 spiro atoms. The lowest BCUT2D eigenvalue weighted by Crippen LogP contribution is -2.43. The summed E-state index contributed by atoms with van der Waals surface area (Å²) in [4.78, 5) is 21.5. The molecular formula is C14H20ClN5O. The molecule has 1 aromatic heterocycles. The molecule has 7 heteroatoms. The van der Waals surface area contributed by atoms with Crippen molar-refractivity contribution in [3.63, 3.8) is 0 Å². The molecule has 0 saturated carbocycles. The monoisotopic (exact) mass is 309 g/mol. The van der Waals surface area contributed by atoms with Crippen LogP contribution in [-0.4, -0.2) is 62.1 Å². The van der Waals surface area contributed by atoms with Crippen molar-refractivity contribution in [2.24, 2.45) is 0 Å². The minimum Gasteiger partial charge on any atom is -0.330 e. The molecule has 0 radical (unpaired) electrons. The average molecular weight is 310 g/mol. The molecule has 0 aliphatic rings. The van der Waals surface area contributed by atoms with Crippen LogP contribution in [0.2, 0.25) is 5.15 Å². The molecule has 21 heavy (non-hydrogen) atoms. The summed E-state index contributed by atoms with van der Waals surface area (Å²) in [6.07, 6.45) is 0. The van der Waals surface area contributed by atoms with Gasteiger partial charge in [-0.3, -0.25) is 4.90 Å². The number of nitrogens with zero attached hydrogens (tertiary/aromatic N) is 5. The fraction of sp³-hybridized carbons (Fsp3) is 0.500. The molecule has 0 aliphatic carbocycles. The zero-order valence-electron chi connectivity index (χ0n) is 13.0. The third-order valence-electron chi connectivity index (χ3n) is 2.92. The zero-order valence-corrected chi connectivity index (χ0v) is 13.8. The lowest BCUT2D eigenvalue weighted by atomic mass is 10.1. The van der Waals surface area contributed by atoms with Crippen molar-refractivity contribution in [2.75, 3.05) is 46.2 Å². The molecule has 0 saturated heterocycles. The Labute approximate surface area is 130 Å². The van der Waals surface area contributed by atoms with Crippen LogP contribution in [0.5, 0.6) is 0 Å². The van der Waals surface area contributed by atoms with E-state index in [0.29, 0.717) is 30.0 Å². The number of carbonyl (C=O) groups is 1. The smallest absolute Gasteiger partial charge is 0.325 e. The van der Waals surface area contributed by atoms with Crippen LogP contribution in [0.4, 0.5) is 10.6 Å². The number of pyridine rings is 1. The number of aromatic nitrogens is 1. The van der Waals surface area contributed by atoms with Crippen LogP contribution >= 0.6 is 11.6 Å². The highest BCUT2D eigenvalue weighted by Gasteiger charge is 2.23. The van der Waals surface area contributed by atoms with E-state index in [1.807, 2.05) is 19.0 Å². The van der Waals surface area contributed by atoms with Gasteiger partial charge in [-0.2, -0.15) is 5.26 Å². The number of carbonyl (C=O) groups excluding carboxylic acids is 1. The van der Waals surface area contributed by atoms with Crippen LogP contribution in [0.1, 0.15) is 11.1 Å². The first-order chi connectivity index (χ1) is 9.77. The average Bonchev–Trinajstić information content (AvgIpc) is 2.37. The van der Waals surface area contributed by atoms with Crippen LogP contribution in [0.3, 0.4) is 0 Å². The maximum atomic E-state index is 12.4. The van der Waals surface area contributed by atoms with E-state index in [1.165, 1.54) is 9.80 Å². The number of hydrogen-bond acceptors (Lipinski definition) is 4. The van der Waals surface area contributed by atoms with Gasteiger partial charge in [0.15, 0.2) is 5.82 Å². The van der Waals surface area contributed by atoms with Crippen molar-refractivity contribution in [2.45, 2.75) is 6.92 Å². The highest BCUT2D eigenvalue weighted by molar-refractivity contribution is 6.29. The summed E-state index contributed by atoms with van der Waals surface area (Å²) in [5, 5.41) is 9.61. The van der Waals surface area contributed by atoms with Gasteiger partial charge in [0.25, 0.3) is 0 Å². The van der Waals surface area contributed by atoms with E-state index in [0.717, 1.165) is 0 Å². The normalized spacial score (nSPS) is 10.4. The SMILES string of the molecule is Cc1cc(Cl)nc(N(CCN(C)C)C(=O)N(C)C)c1C#N. The standard InChI is InChI=1S/C14H20ClN5O/c1-10-8-12(15)17-13(11(10)9-16)20(7-6-18(2)3)14(21)19(4)5/h8H,6-7H2,1-5H3. The molecule has 0 N–H and O–H groups in total. The van der Waals surface area contributed by atoms with E-state index < -0.39 is 0 Å². The van der Waals surface area contributed by atoms with E-state index >= 15 is 0 Å². The fourth-order valence-corrected chi connectivity index (χ4v) is 2.03. The molecule has 114 valence electrons. The number of amides is 2. The van der Waals surface area contributed by atoms with E-state index in [2.05, 4.69) is 11.1 Å². The minimum absolute atomic E-state index is 0.234. The molecule has 1 heterocycles. The molecule has 0 bridgehead atoms. The number of halogens is 1. The van der Waals surface area contributed by atoms with Crippen molar-refractivity contribution in [3.8, 4) is 6.07 Å². The molecule has 6 nitrogen and oxygen atoms in total. The molecular weight excluding hydrogens is 290 g/mol. The van der Waals surface area contributed by atoms with Gasteiger partial charge in [-0.25, -0.2) is 9.78 Å². The molecule has 0 fully saturated rings. The van der Waals surface area contributed by atoms with Crippen molar-refractivity contribution in [1.82, 2.24) is 14.8 Å². The van der Waals surface area contributed by atoms with E-state index in [-0.39, 0.29) is 11.2 Å². The molecule has 1 aromatic rings. The lowest BCUT2D eigenvalue weighted by molar-refractivity contribution is 0.222. The van der Waals surface area contributed by atoms with Gasteiger partial charge < -0.3 is 9.80 Å². The Morgan fingerprint density at radius 2 is 1.95 bits per heavy atom. The number of anilines is 1. The number of urea groups is 1. The maximum Gasteiger partial charge on any atom is 0.325 e. The lowest BCUT2D eigenvalue weighted by Gasteiger charge is -2.27. The summed E-state index contributed by atoms with van der Waals surface area (Å²) in [6, 6.07) is 3.49. The highest BCUT2D eigenvalue weighted by Crippen LogP contribution is 2.24. The van der Waals surface area contributed by atoms with Crippen molar-refractivity contribution in [3.05, 3.63) is 22.3 Å². The molecule has 0 aliphatic heterocycles. The van der Waals surface area contributed by atoms with Crippen molar-refractivity contribution in [1.29, 1.82) is 5.26 Å². The number of hydrogen-bond donors (Lipinski definition) is 0. The predicted octanol–water partition coefficient (Wildman–Crippen LogP) is 1.96. The summed E-state index contributed by atoms with van der Waals surface area (Å²) in [6.45, 7) is 2.85.